The van der Waals surface area contributed by atoms with Gasteiger partial charge in [-0.05, 0) is 50.1 Å². The van der Waals surface area contributed by atoms with Crippen LogP contribution in [0.25, 0.3) is 16.9 Å². The van der Waals surface area contributed by atoms with E-state index in [1.807, 2.05) is 19.1 Å². The van der Waals surface area contributed by atoms with Crippen molar-refractivity contribution in [3.63, 3.8) is 0 Å². The van der Waals surface area contributed by atoms with Gasteiger partial charge in [0.25, 0.3) is 5.91 Å². The molecule has 3 N–H and O–H groups in total. The fourth-order valence-corrected chi connectivity index (χ4v) is 4.68. The van der Waals surface area contributed by atoms with Crippen molar-refractivity contribution in [2.45, 2.75) is 19.8 Å². The first-order valence-electron chi connectivity index (χ1n) is 10.6. The van der Waals surface area contributed by atoms with Gasteiger partial charge >= 0.3 is 0 Å². The van der Waals surface area contributed by atoms with Gasteiger partial charge in [-0.25, -0.2) is 15.2 Å². The number of aromatic nitrogens is 2. The van der Waals surface area contributed by atoms with Crippen LogP contribution in [0, 0.1) is 12.8 Å². The topological polar surface area (TPSA) is 99.5 Å². The third kappa shape index (κ3) is 5.06. The average molecular weight is 523 g/mol. The highest BCUT2D eigenvalue weighted by Crippen LogP contribution is 2.33. The number of amides is 2. The summed E-state index contributed by atoms with van der Waals surface area (Å²) < 4.78 is 1.62. The molecule has 34 heavy (non-hydrogen) atoms. The molecule has 1 aliphatic heterocycles. The van der Waals surface area contributed by atoms with Gasteiger partial charge in [0.2, 0.25) is 5.91 Å². The van der Waals surface area contributed by atoms with Crippen molar-refractivity contribution in [3.8, 4) is 16.9 Å². The second-order valence-electron chi connectivity index (χ2n) is 8.04. The molecule has 2 aromatic carbocycles. The van der Waals surface area contributed by atoms with Crippen LogP contribution in [0.3, 0.4) is 0 Å². The number of halogens is 3. The predicted octanol–water partition coefficient (Wildman–Crippen LogP) is 4.67. The van der Waals surface area contributed by atoms with Crippen LogP contribution in [0.15, 0.2) is 42.5 Å². The van der Waals surface area contributed by atoms with Crippen LogP contribution >= 0.6 is 34.8 Å². The monoisotopic (exact) mass is 521 g/mol. The molecule has 2 amide bonds. The van der Waals surface area contributed by atoms with Crippen molar-refractivity contribution in [1.29, 1.82) is 0 Å². The Morgan fingerprint density at radius 2 is 1.79 bits per heavy atom. The maximum atomic E-state index is 13.2. The number of piperidine rings is 1. The van der Waals surface area contributed by atoms with E-state index in [4.69, 9.17) is 40.0 Å². The molecule has 1 atom stereocenters. The van der Waals surface area contributed by atoms with E-state index < -0.39 is 17.7 Å². The second kappa shape index (κ2) is 10.3. The molecule has 8 nitrogen and oxygen atoms in total. The first-order chi connectivity index (χ1) is 16.3. The maximum Gasteiger partial charge on any atom is 0.286 e. The first kappa shape index (κ1) is 24.5. The predicted molar refractivity (Wildman–Crippen MR) is 130 cm³/mol. The maximum absolute atomic E-state index is 13.2. The van der Waals surface area contributed by atoms with E-state index >= 15 is 0 Å². The molecule has 0 spiro atoms. The van der Waals surface area contributed by atoms with Crippen molar-refractivity contribution in [1.82, 2.24) is 25.7 Å². The summed E-state index contributed by atoms with van der Waals surface area (Å²) in [5, 5.41) is 16.6. The molecule has 1 unspecified atom stereocenters. The summed E-state index contributed by atoms with van der Waals surface area (Å²) in [7, 11) is 0. The van der Waals surface area contributed by atoms with E-state index in [1.165, 1.54) is 0 Å². The third-order valence-corrected chi connectivity index (χ3v) is 6.54. The Hall–Kier alpha value is -2.62. The zero-order chi connectivity index (χ0) is 24.4. The van der Waals surface area contributed by atoms with Crippen LogP contribution in [-0.2, 0) is 4.79 Å². The van der Waals surface area contributed by atoms with E-state index in [0.29, 0.717) is 51.4 Å². The van der Waals surface area contributed by atoms with Crippen LogP contribution in [0.1, 0.15) is 28.9 Å². The van der Waals surface area contributed by atoms with Crippen molar-refractivity contribution in [2.75, 3.05) is 13.1 Å². The van der Waals surface area contributed by atoms with Crippen LogP contribution in [0.5, 0.6) is 0 Å². The number of hydrogen-bond acceptors (Lipinski definition) is 5. The number of rotatable bonds is 5. The van der Waals surface area contributed by atoms with Gasteiger partial charge in [0.05, 0.1) is 22.3 Å². The number of hydroxylamine groups is 1. The molecule has 0 radical (unpaired) electrons. The number of benzene rings is 2. The Morgan fingerprint density at radius 1 is 1.09 bits per heavy atom. The van der Waals surface area contributed by atoms with Gasteiger partial charge in [-0.2, -0.15) is 5.10 Å². The molecule has 0 aliphatic carbocycles. The highest BCUT2D eigenvalue weighted by Gasteiger charge is 2.29. The van der Waals surface area contributed by atoms with Gasteiger partial charge in [-0.15, -0.1) is 0 Å². The third-order valence-electron chi connectivity index (χ3n) is 5.75. The van der Waals surface area contributed by atoms with E-state index in [1.54, 1.807) is 45.5 Å². The molecule has 1 saturated heterocycles. The number of carbonyl (C=O) groups excluding carboxylic acids is 2. The highest BCUT2D eigenvalue weighted by molar-refractivity contribution is 6.35. The molecule has 2 heterocycles. The van der Waals surface area contributed by atoms with Crippen LogP contribution in [0.2, 0.25) is 15.1 Å². The number of carbonyl (C=O) groups is 2. The molecule has 3 aromatic rings. The molecule has 11 heteroatoms. The Bertz CT molecular complexity index is 1230. The Morgan fingerprint density at radius 3 is 2.47 bits per heavy atom. The standard InChI is InChI=1S/C23H22Cl3N5O3/c1-13-20(23(33)28-30-10-2-3-15(12-30)22(32)29-34)27-31(19-9-8-17(25)11-18(19)26)21(13)14-4-6-16(24)7-5-14/h4-9,11,15,34H,2-3,10,12H2,1H3,(H,28,33)(H,29,32). The summed E-state index contributed by atoms with van der Waals surface area (Å²) in [6.07, 6.45) is 1.32. The quantitative estimate of drug-likeness (QED) is 0.334. The van der Waals surface area contributed by atoms with Gasteiger partial charge in [0.15, 0.2) is 5.69 Å². The molecule has 1 aliphatic rings. The first-order valence-corrected chi connectivity index (χ1v) is 11.7. The van der Waals surface area contributed by atoms with Gasteiger partial charge in [0, 0.05) is 34.3 Å². The summed E-state index contributed by atoms with van der Waals surface area (Å²) in [4.78, 5) is 25.1. The SMILES string of the molecule is Cc1c(C(=O)NN2CCCC(C(=O)NO)C2)nn(-c2ccc(Cl)cc2Cl)c1-c1ccc(Cl)cc1. The molecule has 0 bridgehead atoms. The number of hydrogen-bond donors (Lipinski definition) is 3. The van der Waals surface area contributed by atoms with E-state index in [2.05, 4.69) is 10.5 Å². The van der Waals surface area contributed by atoms with Crippen LogP contribution < -0.4 is 10.9 Å². The lowest BCUT2D eigenvalue weighted by molar-refractivity contribution is -0.135. The lowest BCUT2D eigenvalue weighted by Gasteiger charge is -2.31. The van der Waals surface area contributed by atoms with Gasteiger partial charge < -0.3 is 0 Å². The van der Waals surface area contributed by atoms with Crippen molar-refractivity contribution in [3.05, 3.63) is 68.8 Å². The number of hydrazine groups is 1. The molecule has 0 saturated carbocycles. The van der Waals surface area contributed by atoms with Crippen LogP contribution in [-0.4, -0.2) is 44.9 Å². The number of nitrogens with zero attached hydrogens (tertiary/aromatic N) is 3. The summed E-state index contributed by atoms with van der Waals surface area (Å²) in [6, 6.07) is 12.3. The molecule has 1 fully saturated rings. The summed E-state index contributed by atoms with van der Waals surface area (Å²) in [5.74, 6) is -1.31. The van der Waals surface area contributed by atoms with Crippen molar-refractivity contribution < 1.29 is 14.8 Å². The van der Waals surface area contributed by atoms with Crippen LogP contribution in [0.4, 0.5) is 0 Å². The van der Waals surface area contributed by atoms with Crippen molar-refractivity contribution in [2.24, 2.45) is 5.92 Å². The molecule has 178 valence electrons. The smallest absolute Gasteiger partial charge is 0.286 e. The lowest BCUT2D eigenvalue weighted by atomic mass is 9.98. The van der Waals surface area contributed by atoms with E-state index in [0.717, 1.165) is 5.56 Å². The number of nitrogens with one attached hydrogen (secondary N) is 2. The minimum Gasteiger partial charge on any atom is -0.289 e. The minimum absolute atomic E-state index is 0.213. The Kier molecular flexibility index (Phi) is 7.45. The normalized spacial score (nSPS) is 16.3. The minimum atomic E-state index is -0.471. The summed E-state index contributed by atoms with van der Waals surface area (Å²) in [6.45, 7) is 2.67. The Balaban J connectivity index is 1.71. The van der Waals surface area contributed by atoms with Crippen molar-refractivity contribution >= 4 is 46.6 Å². The van der Waals surface area contributed by atoms with Gasteiger partial charge in [-0.3, -0.25) is 20.2 Å². The zero-order valence-electron chi connectivity index (χ0n) is 18.2. The Labute approximate surface area is 211 Å². The summed E-state index contributed by atoms with van der Waals surface area (Å²) in [5.41, 5.74) is 7.44. The lowest BCUT2D eigenvalue weighted by Crippen LogP contribution is -2.50. The molecular weight excluding hydrogens is 501 g/mol. The van der Waals surface area contributed by atoms with Gasteiger partial charge in [0.1, 0.15) is 0 Å². The summed E-state index contributed by atoms with van der Waals surface area (Å²) >= 11 is 18.6. The fraction of sp³-hybridized carbons (Fsp3) is 0.261. The molecule has 4 rings (SSSR count). The zero-order valence-corrected chi connectivity index (χ0v) is 20.5. The largest absolute Gasteiger partial charge is 0.289 e. The van der Waals surface area contributed by atoms with E-state index in [9.17, 15) is 9.59 Å². The highest BCUT2D eigenvalue weighted by atomic mass is 35.5. The van der Waals surface area contributed by atoms with Gasteiger partial charge in [-0.1, -0.05) is 46.9 Å². The molecular formula is C23H22Cl3N5O3. The molecule has 1 aromatic heterocycles. The fourth-order valence-electron chi connectivity index (χ4n) is 4.07. The average Bonchev–Trinajstić information content (AvgIpc) is 3.16. The second-order valence-corrected chi connectivity index (χ2v) is 9.32. The van der Waals surface area contributed by atoms with E-state index in [-0.39, 0.29) is 12.2 Å².